The zero-order valence-electron chi connectivity index (χ0n) is 11.0. The van der Waals surface area contributed by atoms with Gasteiger partial charge in [-0.25, -0.2) is 14.3 Å². The van der Waals surface area contributed by atoms with Crippen molar-refractivity contribution in [3.8, 4) is 11.6 Å². The van der Waals surface area contributed by atoms with Crippen LogP contribution in [0.15, 0.2) is 29.1 Å². The van der Waals surface area contributed by atoms with E-state index in [1.54, 1.807) is 19.1 Å². The molecule has 0 aliphatic carbocycles. The first-order chi connectivity index (χ1) is 9.56. The van der Waals surface area contributed by atoms with Gasteiger partial charge in [-0.15, -0.1) is 0 Å². The number of para-hydroxylation sites is 1. The van der Waals surface area contributed by atoms with Crippen LogP contribution in [-0.4, -0.2) is 19.6 Å². The van der Waals surface area contributed by atoms with Crippen molar-refractivity contribution in [3.63, 3.8) is 0 Å². The summed E-state index contributed by atoms with van der Waals surface area (Å²) in [6, 6.07) is 7.09. The molecule has 3 rings (SSSR count). The summed E-state index contributed by atoms with van der Waals surface area (Å²) in [7, 11) is 0. The molecule has 2 aromatic heterocycles. The van der Waals surface area contributed by atoms with Gasteiger partial charge in [-0.3, -0.25) is 0 Å². The number of benzene rings is 1. The van der Waals surface area contributed by atoms with Crippen LogP contribution in [0.3, 0.4) is 0 Å². The van der Waals surface area contributed by atoms with E-state index < -0.39 is 0 Å². The van der Waals surface area contributed by atoms with E-state index in [-0.39, 0.29) is 5.69 Å². The number of hydrogen-bond donors (Lipinski definition) is 2. The summed E-state index contributed by atoms with van der Waals surface area (Å²) in [6.07, 6.45) is 0. The van der Waals surface area contributed by atoms with Gasteiger partial charge >= 0.3 is 5.69 Å². The van der Waals surface area contributed by atoms with E-state index in [1.807, 2.05) is 19.1 Å². The van der Waals surface area contributed by atoms with Crippen molar-refractivity contribution < 1.29 is 4.74 Å². The number of H-pyrrole nitrogens is 1. The normalized spacial score (nSPS) is 10.9. The first-order valence-electron chi connectivity index (χ1n) is 6.04. The molecule has 20 heavy (non-hydrogen) atoms. The minimum atomic E-state index is -0.327. The Balaban J connectivity index is 2.07. The molecule has 7 heteroatoms. The van der Waals surface area contributed by atoms with Gasteiger partial charge in [0, 0.05) is 6.07 Å². The number of nitrogens with two attached hydrogens (primary N) is 1. The maximum absolute atomic E-state index is 11.5. The Labute approximate surface area is 114 Å². The second kappa shape index (κ2) is 4.37. The number of anilines is 1. The van der Waals surface area contributed by atoms with Gasteiger partial charge in [0.05, 0.1) is 5.69 Å². The number of aromatic nitrogens is 4. The number of nitrogens with zero attached hydrogens (tertiary/aromatic N) is 3. The van der Waals surface area contributed by atoms with Gasteiger partial charge in [0.2, 0.25) is 5.88 Å². The SMILES string of the molecule is Cc1cccc(Oc2cc3n[nH]c(=O)n3c(C)n2)c1N. The first kappa shape index (κ1) is 12.2. The zero-order valence-corrected chi connectivity index (χ0v) is 11.0. The van der Waals surface area contributed by atoms with Gasteiger partial charge in [0.15, 0.2) is 11.4 Å². The summed E-state index contributed by atoms with van der Waals surface area (Å²) in [5.41, 5.74) is 7.56. The van der Waals surface area contributed by atoms with E-state index in [9.17, 15) is 4.79 Å². The minimum absolute atomic E-state index is 0.327. The highest BCUT2D eigenvalue weighted by atomic mass is 16.5. The Kier molecular flexibility index (Phi) is 2.67. The fourth-order valence-electron chi connectivity index (χ4n) is 1.98. The molecule has 0 radical (unpaired) electrons. The Morgan fingerprint density at radius 1 is 1.35 bits per heavy atom. The topological polar surface area (TPSA) is 98.3 Å². The lowest BCUT2D eigenvalue weighted by Crippen LogP contribution is -2.13. The fourth-order valence-corrected chi connectivity index (χ4v) is 1.98. The molecule has 0 bridgehead atoms. The second-order valence-corrected chi connectivity index (χ2v) is 4.45. The highest BCUT2D eigenvalue weighted by Gasteiger charge is 2.10. The number of aryl methyl sites for hydroxylation is 2. The van der Waals surface area contributed by atoms with Crippen molar-refractivity contribution >= 4 is 11.3 Å². The highest BCUT2D eigenvalue weighted by Crippen LogP contribution is 2.28. The number of hydrogen-bond acceptors (Lipinski definition) is 5. The third-order valence-electron chi connectivity index (χ3n) is 3.05. The first-order valence-corrected chi connectivity index (χ1v) is 6.04. The van der Waals surface area contributed by atoms with Crippen LogP contribution in [0.4, 0.5) is 5.69 Å². The molecule has 2 heterocycles. The summed E-state index contributed by atoms with van der Waals surface area (Å²) in [5, 5.41) is 6.26. The predicted molar refractivity (Wildman–Crippen MR) is 74.0 cm³/mol. The molecule has 3 N–H and O–H groups in total. The smallest absolute Gasteiger partial charge is 0.349 e. The van der Waals surface area contributed by atoms with Gasteiger partial charge in [0.1, 0.15) is 5.82 Å². The van der Waals surface area contributed by atoms with E-state index in [2.05, 4.69) is 15.2 Å². The summed E-state index contributed by atoms with van der Waals surface area (Å²) < 4.78 is 7.05. The standard InChI is InChI=1S/C13H13N5O2/c1-7-4-3-5-9(12(7)14)20-11-6-10-16-17-13(19)18(10)8(2)15-11/h3-6H,14H2,1-2H3,(H,17,19). The average molecular weight is 271 g/mol. The van der Waals surface area contributed by atoms with Crippen LogP contribution >= 0.6 is 0 Å². The Bertz CT molecular complexity index is 850. The zero-order chi connectivity index (χ0) is 14.3. The van der Waals surface area contributed by atoms with Crippen molar-refractivity contribution in [2.45, 2.75) is 13.8 Å². The molecule has 0 aliphatic heterocycles. The highest BCUT2D eigenvalue weighted by molar-refractivity contribution is 5.59. The number of aromatic amines is 1. The molecule has 1 aromatic carbocycles. The molecule has 0 aliphatic rings. The molecule has 0 saturated heterocycles. The molecule has 0 saturated carbocycles. The molecule has 0 spiro atoms. The van der Waals surface area contributed by atoms with Crippen molar-refractivity contribution in [3.05, 3.63) is 46.1 Å². The summed E-state index contributed by atoms with van der Waals surface area (Å²) >= 11 is 0. The molecular weight excluding hydrogens is 258 g/mol. The molecule has 7 nitrogen and oxygen atoms in total. The number of nitrogen functional groups attached to an aromatic ring is 1. The third-order valence-corrected chi connectivity index (χ3v) is 3.05. The van der Waals surface area contributed by atoms with Crippen molar-refractivity contribution in [1.82, 2.24) is 19.6 Å². The maximum atomic E-state index is 11.5. The predicted octanol–water partition coefficient (Wildman–Crippen LogP) is 1.41. The molecule has 102 valence electrons. The van der Waals surface area contributed by atoms with Gasteiger partial charge < -0.3 is 10.5 Å². The molecule has 0 fully saturated rings. The van der Waals surface area contributed by atoms with E-state index in [4.69, 9.17) is 10.5 Å². The van der Waals surface area contributed by atoms with E-state index in [1.165, 1.54) is 4.40 Å². The van der Waals surface area contributed by atoms with Crippen LogP contribution in [-0.2, 0) is 0 Å². The molecule has 0 atom stereocenters. The Morgan fingerprint density at radius 3 is 2.95 bits per heavy atom. The van der Waals surface area contributed by atoms with E-state index in [0.717, 1.165) is 5.56 Å². The third kappa shape index (κ3) is 1.89. The number of ether oxygens (including phenoxy) is 1. The van der Waals surface area contributed by atoms with Crippen LogP contribution in [0.5, 0.6) is 11.6 Å². The lowest BCUT2D eigenvalue weighted by molar-refractivity contribution is 0.462. The van der Waals surface area contributed by atoms with E-state index >= 15 is 0 Å². The lowest BCUT2D eigenvalue weighted by atomic mass is 10.2. The summed E-state index contributed by atoms with van der Waals surface area (Å²) in [6.45, 7) is 3.60. The van der Waals surface area contributed by atoms with Crippen LogP contribution in [0.25, 0.3) is 5.65 Å². The molecular formula is C13H13N5O2. The van der Waals surface area contributed by atoms with Gasteiger partial charge in [-0.05, 0) is 25.5 Å². The average Bonchev–Trinajstić information content (AvgIpc) is 2.77. The van der Waals surface area contributed by atoms with Crippen molar-refractivity contribution in [1.29, 1.82) is 0 Å². The maximum Gasteiger partial charge on any atom is 0.349 e. The van der Waals surface area contributed by atoms with Crippen LogP contribution < -0.4 is 16.2 Å². The second-order valence-electron chi connectivity index (χ2n) is 4.45. The lowest BCUT2D eigenvalue weighted by Gasteiger charge is -2.10. The largest absolute Gasteiger partial charge is 0.437 e. The Hall–Kier alpha value is -2.83. The van der Waals surface area contributed by atoms with Crippen LogP contribution in [0.1, 0.15) is 11.4 Å². The number of rotatable bonds is 2. The van der Waals surface area contributed by atoms with Crippen molar-refractivity contribution in [2.24, 2.45) is 0 Å². The quantitative estimate of drug-likeness (QED) is 0.687. The van der Waals surface area contributed by atoms with Gasteiger partial charge in [-0.2, -0.15) is 10.1 Å². The minimum Gasteiger partial charge on any atom is -0.437 e. The van der Waals surface area contributed by atoms with Crippen molar-refractivity contribution in [2.75, 3.05) is 5.73 Å². The monoisotopic (exact) mass is 271 g/mol. The van der Waals surface area contributed by atoms with Crippen LogP contribution in [0.2, 0.25) is 0 Å². The van der Waals surface area contributed by atoms with Gasteiger partial charge in [-0.1, -0.05) is 12.1 Å². The summed E-state index contributed by atoms with van der Waals surface area (Å²) in [5.74, 6) is 1.35. The molecule has 0 amide bonds. The Morgan fingerprint density at radius 2 is 2.15 bits per heavy atom. The van der Waals surface area contributed by atoms with E-state index in [0.29, 0.717) is 28.8 Å². The number of fused-ring (bicyclic) bond motifs is 1. The molecule has 3 aromatic rings. The number of nitrogens with one attached hydrogen (secondary N) is 1. The van der Waals surface area contributed by atoms with Gasteiger partial charge in [0.25, 0.3) is 0 Å². The molecule has 0 unspecified atom stereocenters. The fraction of sp³-hybridized carbons (Fsp3) is 0.154. The van der Waals surface area contributed by atoms with Crippen LogP contribution in [0, 0.1) is 13.8 Å². The summed E-state index contributed by atoms with van der Waals surface area (Å²) in [4.78, 5) is 15.7.